The Morgan fingerprint density at radius 3 is 1.17 bits per heavy atom. The largest absolute Gasteiger partial charge is 0.300 e. The van der Waals surface area contributed by atoms with Crippen LogP contribution in [0.25, 0.3) is 0 Å². The van der Waals surface area contributed by atoms with Gasteiger partial charge >= 0.3 is 0 Å². The number of rotatable bonds is 1. The van der Waals surface area contributed by atoms with Gasteiger partial charge in [-0.1, -0.05) is 117 Å². The van der Waals surface area contributed by atoms with Gasteiger partial charge in [-0.25, -0.2) is 0 Å². The molecule has 3 heteroatoms. The maximum Gasteiger partial charge on any atom is 0.0245 e. The molecule has 0 fully saturated rings. The lowest BCUT2D eigenvalue weighted by molar-refractivity contribution is 0.121. The predicted molar refractivity (Wildman–Crippen MR) is 232 cm³/mol. The minimum absolute atomic E-state index is 0.254. The lowest BCUT2D eigenvalue weighted by Gasteiger charge is -2.39. The molecule has 0 aliphatic carbocycles. The van der Waals surface area contributed by atoms with Gasteiger partial charge in [-0.05, 0) is 141 Å². The van der Waals surface area contributed by atoms with Crippen molar-refractivity contribution in [1.82, 2.24) is 14.7 Å². The summed E-state index contributed by atoms with van der Waals surface area (Å²) in [6.45, 7) is 45.9. The van der Waals surface area contributed by atoms with Gasteiger partial charge in [0.15, 0.2) is 0 Å². The fourth-order valence-electron chi connectivity index (χ4n) is 7.65. The highest BCUT2D eigenvalue weighted by Gasteiger charge is 2.29. The molecule has 3 aromatic rings. The summed E-state index contributed by atoms with van der Waals surface area (Å²) < 4.78 is 0. The normalized spacial score (nSPS) is 17.5. The summed E-state index contributed by atoms with van der Waals surface area (Å²) in [5.74, 6) is 0. The van der Waals surface area contributed by atoms with Crippen molar-refractivity contribution >= 4 is 0 Å². The van der Waals surface area contributed by atoms with Gasteiger partial charge < -0.3 is 4.90 Å². The van der Waals surface area contributed by atoms with Crippen molar-refractivity contribution in [2.24, 2.45) is 0 Å². The van der Waals surface area contributed by atoms with Crippen LogP contribution in [0.2, 0.25) is 0 Å². The van der Waals surface area contributed by atoms with E-state index in [0.29, 0.717) is 6.04 Å². The Balaban J connectivity index is 0.000000178. The number of hydrogen-bond donors (Lipinski definition) is 0. The second kappa shape index (κ2) is 16.3. The SMILES string of the molecule is CC(C)(C)c1ccc2c(c1)CCN(C(C)(C)C)C2.CC(C)(C)c1ccc2c(c1)CN(C(C)(C)C)C2.CC(C)N1CCc2ccc(C(C)(C)C)cc2CC1. The van der Waals surface area contributed by atoms with E-state index in [1.807, 2.05) is 0 Å². The van der Waals surface area contributed by atoms with E-state index in [9.17, 15) is 0 Å². The Labute approximate surface area is 327 Å². The van der Waals surface area contributed by atoms with Crippen LogP contribution in [0.5, 0.6) is 0 Å². The molecule has 3 aromatic carbocycles. The van der Waals surface area contributed by atoms with Crippen LogP contribution in [0.4, 0.5) is 0 Å². The van der Waals surface area contributed by atoms with Crippen molar-refractivity contribution in [2.45, 2.75) is 190 Å². The van der Waals surface area contributed by atoms with E-state index < -0.39 is 0 Å². The predicted octanol–water partition coefficient (Wildman–Crippen LogP) is 12.0. The van der Waals surface area contributed by atoms with Crippen LogP contribution in [0.1, 0.15) is 168 Å². The monoisotopic (exact) mass is 722 g/mol. The molecule has 53 heavy (non-hydrogen) atoms. The molecular formula is C50H79N3. The van der Waals surface area contributed by atoms with E-state index in [1.54, 1.807) is 16.7 Å². The molecule has 3 aliphatic heterocycles. The van der Waals surface area contributed by atoms with Gasteiger partial charge in [0.2, 0.25) is 0 Å². The summed E-state index contributed by atoms with van der Waals surface area (Å²) in [6.07, 6.45) is 3.60. The number of nitrogens with zero attached hydrogens (tertiary/aromatic N) is 3. The molecule has 294 valence electrons. The molecule has 0 spiro atoms. The Morgan fingerprint density at radius 1 is 0.396 bits per heavy atom. The average molecular weight is 722 g/mol. The van der Waals surface area contributed by atoms with Crippen molar-refractivity contribution in [1.29, 1.82) is 0 Å². The summed E-state index contributed by atoms with van der Waals surface area (Å²) in [4.78, 5) is 7.72. The fraction of sp³-hybridized carbons (Fsp3) is 0.640. The molecule has 0 radical (unpaired) electrons. The molecule has 0 unspecified atom stereocenters. The van der Waals surface area contributed by atoms with Gasteiger partial charge in [0.25, 0.3) is 0 Å². The van der Waals surface area contributed by atoms with Gasteiger partial charge in [-0.15, -0.1) is 0 Å². The first kappa shape index (κ1) is 43.3. The number of benzene rings is 3. The average Bonchev–Trinajstić information content (AvgIpc) is 3.36. The standard InChI is InChI=1S/2C17H27N.C16H25N/c1-16(2,3)15-8-7-14-12-18(17(4,5)6)10-9-13(14)11-15;1-13(2)18-10-8-14-6-7-16(17(3,4)5)12-15(14)9-11-18;1-15(2,3)14-8-7-12-10-17(16(4,5)6)11-13(12)9-14/h7-8,11H,9-10,12H2,1-6H3;6-7,12-13H,8-11H2,1-5H3;7-9H,10-11H2,1-6H3. The third-order valence-corrected chi connectivity index (χ3v) is 11.9. The van der Waals surface area contributed by atoms with Crippen molar-refractivity contribution in [3.63, 3.8) is 0 Å². The summed E-state index contributed by atoms with van der Waals surface area (Å²) >= 11 is 0. The Morgan fingerprint density at radius 2 is 0.736 bits per heavy atom. The fourth-order valence-corrected chi connectivity index (χ4v) is 7.65. The third-order valence-electron chi connectivity index (χ3n) is 11.9. The van der Waals surface area contributed by atoms with Gasteiger partial charge in [0, 0.05) is 56.4 Å². The van der Waals surface area contributed by atoms with E-state index in [0.717, 1.165) is 19.6 Å². The number of hydrogen-bond acceptors (Lipinski definition) is 3. The number of fused-ring (bicyclic) bond motifs is 3. The highest BCUT2D eigenvalue weighted by atomic mass is 15.2. The van der Waals surface area contributed by atoms with Crippen molar-refractivity contribution in [2.75, 3.05) is 19.6 Å². The topological polar surface area (TPSA) is 9.72 Å². The molecule has 0 amide bonds. The minimum atomic E-state index is 0.254. The summed E-state index contributed by atoms with van der Waals surface area (Å²) in [5, 5.41) is 0. The van der Waals surface area contributed by atoms with E-state index >= 15 is 0 Å². The summed E-state index contributed by atoms with van der Waals surface area (Å²) in [5.41, 5.74) is 14.9. The van der Waals surface area contributed by atoms with E-state index in [4.69, 9.17) is 0 Å². The van der Waals surface area contributed by atoms with Crippen LogP contribution in [-0.2, 0) is 55.1 Å². The second-order valence-electron chi connectivity index (χ2n) is 21.7. The van der Waals surface area contributed by atoms with E-state index in [-0.39, 0.29) is 27.3 Å². The van der Waals surface area contributed by atoms with Crippen molar-refractivity contribution < 1.29 is 0 Å². The lowest BCUT2D eigenvalue weighted by atomic mass is 9.83. The van der Waals surface area contributed by atoms with Crippen LogP contribution in [-0.4, -0.2) is 51.5 Å². The van der Waals surface area contributed by atoms with Crippen molar-refractivity contribution in [3.8, 4) is 0 Å². The Kier molecular flexibility index (Phi) is 13.3. The Bertz CT molecular complexity index is 1660. The van der Waals surface area contributed by atoms with Crippen LogP contribution in [0.3, 0.4) is 0 Å². The van der Waals surface area contributed by atoms with Crippen LogP contribution >= 0.6 is 0 Å². The molecule has 0 atom stereocenters. The van der Waals surface area contributed by atoms with Crippen LogP contribution in [0, 0.1) is 0 Å². The third kappa shape index (κ3) is 11.8. The first-order chi connectivity index (χ1) is 24.2. The van der Waals surface area contributed by atoms with Gasteiger partial charge in [0.05, 0.1) is 0 Å². The minimum Gasteiger partial charge on any atom is -0.300 e. The molecule has 0 aromatic heterocycles. The highest BCUT2D eigenvalue weighted by molar-refractivity contribution is 5.39. The zero-order chi connectivity index (χ0) is 39.7. The molecular weight excluding hydrogens is 643 g/mol. The second-order valence-corrected chi connectivity index (χ2v) is 21.7. The molecule has 0 N–H and O–H groups in total. The van der Waals surface area contributed by atoms with Crippen LogP contribution in [0.15, 0.2) is 54.6 Å². The smallest absolute Gasteiger partial charge is 0.0245 e. The molecule has 6 rings (SSSR count). The molecule has 3 heterocycles. The highest BCUT2D eigenvalue weighted by Crippen LogP contribution is 2.33. The summed E-state index contributed by atoms with van der Waals surface area (Å²) in [7, 11) is 0. The Hall–Kier alpha value is -2.46. The van der Waals surface area contributed by atoms with Gasteiger partial charge in [-0.2, -0.15) is 0 Å². The molecule has 0 saturated heterocycles. The summed E-state index contributed by atoms with van der Waals surface area (Å²) in [6, 6.07) is 21.9. The molecule has 3 nitrogen and oxygen atoms in total. The first-order valence-corrected chi connectivity index (χ1v) is 20.8. The molecule has 0 saturated carbocycles. The lowest BCUT2D eigenvalue weighted by Crippen LogP contribution is -2.44. The maximum atomic E-state index is 2.59. The molecule has 3 aliphatic rings. The van der Waals surface area contributed by atoms with Gasteiger partial charge in [0.1, 0.15) is 0 Å². The maximum absolute atomic E-state index is 2.59. The quantitative estimate of drug-likeness (QED) is 0.248. The zero-order valence-corrected chi connectivity index (χ0v) is 37.5. The van der Waals surface area contributed by atoms with E-state index in [2.05, 4.69) is 187 Å². The van der Waals surface area contributed by atoms with Crippen LogP contribution < -0.4 is 0 Å². The van der Waals surface area contributed by atoms with E-state index in [1.165, 1.54) is 72.3 Å². The van der Waals surface area contributed by atoms with Crippen molar-refractivity contribution in [3.05, 3.63) is 105 Å². The molecule has 0 bridgehead atoms. The van der Waals surface area contributed by atoms with Gasteiger partial charge in [-0.3, -0.25) is 9.80 Å². The zero-order valence-electron chi connectivity index (χ0n) is 37.5. The first-order valence-electron chi connectivity index (χ1n) is 20.8.